The first-order chi connectivity index (χ1) is 14.7. The Balaban J connectivity index is 1.63. The molecule has 5 heteroatoms. The van der Waals surface area contributed by atoms with E-state index in [-0.39, 0.29) is 12.3 Å². The van der Waals surface area contributed by atoms with Crippen LogP contribution in [0.3, 0.4) is 0 Å². The van der Waals surface area contributed by atoms with Crippen molar-refractivity contribution in [3.63, 3.8) is 0 Å². The molecule has 0 fully saturated rings. The summed E-state index contributed by atoms with van der Waals surface area (Å²) in [6.45, 7) is 1.27. The number of aromatic nitrogens is 1. The van der Waals surface area contributed by atoms with Crippen molar-refractivity contribution in [3.05, 3.63) is 102 Å². The predicted molar refractivity (Wildman–Crippen MR) is 116 cm³/mol. The first kappa shape index (κ1) is 20.8. The molecule has 0 aliphatic rings. The molecule has 0 saturated heterocycles. The Kier molecular flexibility index (Phi) is 7.76. The highest BCUT2D eigenvalue weighted by molar-refractivity contribution is 5.91. The van der Waals surface area contributed by atoms with Crippen LogP contribution in [-0.2, 0) is 17.9 Å². The predicted octanol–water partition coefficient (Wildman–Crippen LogP) is 4.62. The highest BCUT2D eigenvalue weighted by atomic mass is 16.5. The molecule has 0 aliphatic carbocycles. The Morgan fingerprint density at radius 3 is 2.67 bits per heavy atom. The summed E-state index contributed by atoms with van der Waals surface area (Å²) >= 11 is 0. The first-order valence-electron chi connectivity index (χ1n) is 9.74. The minimum absolute atomic E-state index is 0.148. The quantitative estimate of drug-likeness (QED) is 0.494. The normalized spacial score (nSPS) is 10.5. The van der Waals surface area contributed by atoms with Crippen LogP contribution < -0.4 is 4.74 Å². The van der Waals surface area contributed by atoms with Crippen LogP contribution in [0.1, 0.15) is 23.1 Å². The summed E-state index contributed by atoms with van der Waals surface area (Å²) in [5, 5.41) is 8.90. The van der Waals surface area contributed by atoms with Crippen LogP contribution in [0, 0.1) is 11.3 Å². The van der Waals surface area contributed by atoms with Gasteiger partial charge >= 0.3 is 0 Å². The third-order valence-corrected chi connectivity index (χ3v) is 4.43. The third-order valence-electron chi connectivity index (χ3n) is 4.43. The van der Waals surface area contributed by atoms with Crippen molar-refractivity contribution in [2.75, 3.05) is 6.54 Å². The van der Waals surface area contributed by atoms with Crippen LogP contribution in [0.25, 0.3) is 6.08 Å². The summed E-state index contributed by atoms with van der Waals surface area (Å²) in [5.41, 5.74) is 2.89. The van der Waals surface area contributed by atoms with E-state index in [9.17, 15) is 4.79 Å². The maximum Gasteiger partial charge on any atom is 0.246 e. The molecule has 1 aromatic heterocycles. The number of rotatable bonds is 9. The maximum atomic E-state index is 12.7. The minimum Gasteiger partial charge on any atom is -0.489 e. The van der Waals surface area contributed by atoms with Gasteiger partial charge in [0.15, 0.2) is 0 Å². The summed E-state index contributed by atoms with van der Waals surface area (Å²) in [5.74, 6) is 0.592. The fourth-order valence-corrected chi connectivity index (χ4v) is 2.89. The van der Waals surface area contributed by atoms with Crippen LogP contribution in [-0.4, -0.2) is 22.3 Å². The van der Waals surface area contributed by atoms with Gasteiger partial charge in [-0.25, -0.2) is 0 Å². The Labute approximate surface area is 176 Å². The summed E-state index contributed by atoms with van der Waals surface area (Å²) < 4.78 is 5.85. The van der Waals surface area contributed by atoms with E-state index in [1.165, 1.54) is 6.08 Å². The number of hydrogen-bond acceptors (Lipinski definition) is 4. The van der Waals surface area contributed by atoms with Gasteiger partial charge in [0.25, 0.3) is 0 Å². The van der Waals surface area contributed by atoms with Gasteiger partial charge < -0.3 is 9.64 Å². The lowest BCUT2D eigenvalue weighted by Gasteiger charge is -2.19. The van der Waals surface area contributed by atoms with Crippen LogP contribution in [0.5, 0.6) is 5.75 Å². The fourth-order valence-electron chi connectivity index (χ4n) is 2.89. The second-order valence-electron chi connectivity index (χ2n) is 6.71. The lowest BCUT2D eigenvalue weighted by Crippen LogP contribution is -2.29. The summed E-state index contributed by atoms with van der Waals surface area (Å²) in [4.78, 5) is 18.4. The molecule has 3 rings (SSSR count). The number of pyridine rings is 1. The van der Waals surface area contributed by atoms with Crippen molar-refractivity contribution in [2.24, 2.45) is 0 Å². The summed E-state index contributed by atoms with van der Waals surface area (Å²) in [7, 11) is 0. The van der Waals surface area contributed by atoms with Gasteiger partial charge in [0, 0.05) is 31.6 Å². The maximum absolute atomic E-state index is 12.7. The Morgan fingerprint density at radius 2 is 1.90 bits per heavy atom. The van der Waals surface area contributed by atoms with Gasteiger partial charge in [0.05, 0.1) is 12.5 Å². The average Bonchev–Trinajstić information content (AvgIpc) is 2.80. The molecule has 5 nitrogen and oxygen atoms in total. The van der Waals surface area contributed by atoms with E-state index in [1.807, 2.05) is 66.7 Å². The number of amides is 1. The average molecular weight is 397 g/mol. The van der Waals surface area contributed by atoms with Gasteiger partial charge in [-0.05, 0) is 41.0 Å². The molecule has 0 spiro atoms. The van der Waals surface area contributed by atoms with Crippen molar-refractivity contribution in [1.82, 2.24) is 9.88 Å². The molecule has 0 N–H and O–H groups in total. The zero-order valence-electron chi connectivity index (χ0n) is 16.6. The van der Waals surface area contributed by atoms with Crippen LogP contribution in [0.2, 0.25) is 0 Å². The summed E-state index contributed by atoms with van der Waals surface area (Å²) in [6, 6.07) is 23.4. The van der Waals surface area contributed by atoms with E-state index in [0.29, 0.717) is 19.7 Å². The van der Waals surface area contributed by atoms with E-state index in [4.69, 9.17) is 10.00 Å². The lowest BCUT2D eigenvalue weighted by atomic mass is 10.2. The van der Waals surface area contributed by atoms with Crippen molar-refractivity contribution in [3.8, 4) is 11.8 Å². The molecule has 3 aromatic rings. The van der Waals surface area contributed by atoms with E-state index < -0.39 is 0 Å². The Morgan fingerprint density at radius 1 is 1.07 bits per heavy atom. The van der Waals surface area contributed by atoms with Gasteiger partial charge in [-0.15, -0.1) is 0 Å². The summed E-state index contributed by atoms with van der Waals surface area (Å²) in [6.07, 6.45) is 6.99. The largest absolute Gasteiger partial charge is 0.489 e. The van der Waals surface area contributed by atoms with Gasteiger partial charge in [0.2, 0.25) is 5.91 Å². The molecule has 0 radical (unpaired) electrons. The standard InChI is InChI=1S/C25H23N3O2/c26-14-6-16-28(19-23-10-5-15-27-18-23)25(29)13-12-21-9-4-11-24(17-21)30-20-22-7-2-1-3-8-22/h1-5,7-13,15,17-18H,6,16,19-20H2/b13-12+. The number of nitrogens with zero attached hydrogens (tertiary/aromatic N) is 3. The van der Waals surface area contributed by atoms with Crippen LogP contribution in [0.15, 0.2) is 85.2 Å². The molecule has 1 heterocycles. The zero-order chi connectivity index (χ0) is 21.0. The fraction of sp³-hybridized carbons (Fsp3) is 0.160. The highest BCUT2D eigenvalue weighted by Crippen LogP contribution is 2.16. The Hall–Kier alpha value is -3.91. The van der Waals surface area contributed by atoms with Gasteiger partial charge in [0.1, 0.15) is 12.4 Å². The van der Waals surface area contributed by atoms with Crippen molar-refractivity contribution < 1.29 is 9.53 Å². The van der Waals surface area contributed by atoms with Crippen molar-refractivity contribution >= 4 is 12.0 Å². The third kappa shape index (κ3) is 6.61. The molecule has 150 valence electrons. The number of carbonyl (C=O) groups excluding carboxylic acids is 1. The minimum atomic E-state index is -0.148. The molecular formula is C25H23N3O2. The van der Waals surface area contributed by atoms with E-state index >= 15 is 0 Å². The molecule has 2 aromatic carbocycles. The number of benzene rings is 2. The highest BCUT2D eigenvalue weighted by Gasteiger charge is 2.11. The molecule has 0 bridgehead atoms. The zero-order valence-corrected chi connectivity index (χ0v) is 16.6. The second-order valence-corrected chi connectivity index (χ2v) is 6.71. The van der Waals surface area contributed by atoms with Crippen molar-refractivity contribution in [1.29, 1.82) is 5.26 Å². The number of carbonyl (C=O) groups is 1. The van der Waals surface area contributed by atoms with E-state index in [0.717, 1.165) is 22.4 Å². The molecule has 0 unspecified atom stereocenters. The first-order valence-corrected chi connectivity index (χ1v) is 9.74. The monoisotopic (exact) mass is 397 g/mol. The topological polar surface area (TPSA) is 66.2 Å². The van der Waals surface area contributed by atoms with E-state index in [2.05, 4.69) is 11.1 Å². The molecule has 0 atom stereocenters. The number of hydrogen-bond donors (Lipinski definition) is 0. The molecular weight excluding hydrogens is 374 g/mol. The van der Waals surface area contributed by atoms with Gasteiger partial charge in [-0.3, -0.25) is 9.78 Å². The number of nitriles is 1. The Bertz CT molecular complexity index is 1010. The SMILES string of the molecule is N#CCCN(Cc1cccnc1)C(=O)/C=C/c1cccc(OCc2ccccc2)c1. The molecule has 30 heavy (non-hydrogen) atoms. The second kappa shape index (κ2) is 11.2. The lowest BCUT2D eigenvalue weighted by molar-refractivity contribution is -0.126. The van der Waals surface area contributed by atoms with Crippen LogP contribution in [0.4, 0.5) is 0 Å². The van der Waals surface area contributed by atoms with Crippen molar-refractivity contribution in [2.45, 2.75) is 19.6 Å². The van der Waals surface area contributed by atoms with Crippen LogP contribution >= 0.6 is 0 Å². The molecule has 1 amide bonds. The molecule has 0 saturated carbocycles. The smallest absolute Gasteiger partial charge is 0.246 e. The number of ether oxygens (including phenoxy) is 1. The molecule has 0 aliphatic heterocycles. The van der Waals surface area contributed by atoms with Gasteiger partial charge in [-0.1, -0.05) is 48.5 Å². The van der Waals surface area contributed by atoms with E-state index in [1.54, 1.807) is 23.4 Å². The van der Waals surface area contributed by atoms with Gasteiger partial charge in [-0.2, -0.15) is 5.26 Å².